The van der Waals surface area contributed by atoms with E-state index >= 15 is 0 Å². The topological polar surface area (TPSA) is 50.4 Å². The molecule has 1 amide bonds. The molecule has 1 aromatic carbocycles. The Bertz CT molecular complexity index is 462. The van der Waals surface area contributed by atoms with E-state index in [9.17, 15) is 13.6 Å². The molecule has 1 aliphatic heterocycles. The van der Waals surface area contributed by atoms with Crippen LogP contribution < -0.4 is 15.4 Å². The summed E-state index contributed by atoms with van der Waals surface area (Å²) in [6.07, 6.45) is 0.997. The number of benzene rings is 1. The van der Waals surface area contributed by atoms with E-state index in [0.717, 1.165) is 19.5 Å². The zero-order chi connectivity index (χ0) is 14.5. The minimum Gasteiger partial charge on any atom is -0.434 e. The van der Waals surface area contributed by atoms with Gasteiger partial charge in [0.2, 0.25) is 0 Å². The van der Waals surface area contributed by atoms with Gasteiger partial charge < -0.3 is 15.4 Å². The van der Waals surface area contributed by atoms with E-state index in [1.807, 2.05) is 6.92 Å². The molecule has 1 aliphatic rings. The highest BCUT2D eigenvalue weighted by Crippen LogP contribution is 2.21. The molecule has 0 aliphatic carbocycles. The highest BCUT2D eigenvalue weighted by molar-refractivity contribution is 5.97. The van der Waals surface area contributed by atoms with Crippen molar-refractivity contribution in [1.29, 1.82) is 0 Å². The fraction of sp³-hybridized carbons (Fsp3) is 0.500. The second-order valence-electron chi connectivity index (χ2n) is 4.89. The molecule has 0 spiro atoms. The lowest BCUT2D eigenvalue weighted by atomic mass is 10.00. The van der Waals surface area contributed by atoms with E-state index in [2.05, 4.69) is 15.4 Å². The van der Waals surface area contributed by atoms with Gasteiger partial charge in [0.15, 0.2) is 0 Å². The lowest BCUT2D eigenvalue weighted by molar-refractivity contribution is -0.0501. The van der Waals surface area contributed by atoms with Gasteiger partial charge in [-0.15, -0.1) is 0 Å². The Morgan fingerprint density at radius 1 is 1.45 bits per heavy atom. The average Bonchev–Trinajstić information content (AvgIpc) is 2.92. The first-order chi connectivity index (χ1) is 9.58. The number of nitrogens with one attached hydrogen (secondary N) is 2. The quantitative estimate of drug-likeness (QED) is 0.869. The van der Waals surface area contributed by atoms with E-state index in [1.165, 1.54) is 12.1 Å². The first-order valence-electron chi connectivity index (χ1n) is 6.63. The van der Waals surface area contributed by atoms with E-state index in [4.69, 9.17) is 0 Å². The smallest absolute Gasteiger partial charge is 0.387 e. The summed E-state index contributed by atoms with van der Waals surface area (Å²) < 4.78 is 29.0. The van der Waals surface area contributed by atoms with Crippen LogP contribution in [-0.2, 0) is 0 Å². The summed E-state index contributed by atoms with van der Waals surface area (Å²) in [6, 6.07) is 6.00. The van der Waals surface area contributed by atoms with Crippen LogP contribution >= 0.6 is 0 Å². The van der Waals surface area contributed by atoms with Crippen LogP contribution in [0.5, 0.6) is 5.75 Å². The van der Waals surface area contributed by atoms with Crippen molar-refractivity contribution in [2.24, 2.45) is 5.92 Å². The lowest BCUT2D eigenvalue weighted by Crippen LogP contribution is -2.39. The Hall–Kier alpha value is -1.69. The standard InChI is InChI=1S/C14H18F2N2O2/c1-9(10-6-7-17-8-10)18-13(19)11-4-2-3-5-12(11)20-14(15)16/h2-5,9-10,14,17H,6-8H2,1H3,(H,18,19). The fourth-order valence-corrected chi connectivity index (χ4v) is 2.36. The van der Waals surface area contributed by atoms with Gasteiger partial charge in [0.25, 0.3) is 5.91 Å². The zero-order valence-corrected chi connectivity index (χ0v) is 11.2. The van der Waals surface area contributed by atoms with Gasteiger partial charge in [0.05, 0.1) is 5.56 Å². The maximum absolute atomic E-state index is 12.3. The molecule has 0 aromatic heterocycles. The number of rotatable bonds is 5. The maximum Gasteiger partial charge on any atom is 0.387 e. The van der Waals surface area contributed by atoms with Gasteiger partial charge in [-0.2, -0.15) is 8.78 Å². The predicted octanol–water partition coefficient (Wildman–Crippen LogP) is 2.02. The van der Waals surface area contributed by atoms with Crippen LogP contribution in [0.4, 0.5) is 8.78 Å². The minimum atomic E-state index is -2.94. The number of amides is 1. The molecule has 0 saturated carbocycles. The van der Waals surface area contributed by atoms with Crippen LogP contribution in [0.25, 0.3) is 0 Å². The molecule has 110 valence electrons. The second kappa shape index (κ2) is 6.65. The number of carbonyl (C=O) groups is 1. The Morgan fingerprint density at radius 3 is 2.85 bits per heavy atom. The monoisotopic (exact) mass is 284 g/mol. The van der Waals surface area contributed by atoms with Crippen molar-refractivity contribution < 1.29 is 18.3 Å². The molecule has 2 rings (SSSR count). The van der Waals surface area contributed by atoms with Crippen LogP contribution in [-0.4, -0.2) is 31.7 Å². The summed E-state index contributed by atoms with van der Waals surface area (Å²) in [5.41, 5.74) is 0.130. The van der Waals surface area contributed by atoms with Gasteiger partial charge in [0.1, 0.15) is 5.75 Å². The molecule has 4 nitrogen and oxygen atoms in total. The summed E-state index contributed by atoms with van der Waals surface area (Å²) in [5, 5.41) is 6.08. The average molecular weight is 284 g/mol. The Kier molecular flexibility index (Phi) is 4.89. The molecule has 2 unspecified atom stereocenters. The molecule has 1 heterocycles. The number of hydrogen-bond donors (Lipinski definition) is 2. The third kappa shape index (κ3) is 3.66. The molecule has 6 heteroatoms. The maximum atomic E-state index is 12.3. The van der Waals surface area contributed by atoms with Crippen molar-refractivity contribution in [3.8, 4) is 5.75 Å². The number of para-hydroxylation sites is 1. The second-order valence-corrected chi connectivity index (χ2v) is 4.89. The normalized spacial score (nSPS) is 19.9. The van der Waals surface area contributed by atoms with E-state index < -0.39 is 6.61 Å². The van der Waals surface area contributed by atoms with Crippen molar-refractivity contribution in [2.45, 2.75) is 26.0 Å². The summed E-state index contributed by atoms with van der Waals surface area (Å²) in [5.74, 6) is -0.125. The third-order valence-electron chi connectivity index (χ3n) is 3.51. The first kappa shape index (κ1) is 14.7. The fourth-order valence-electron chi connectivity index (χ4n) is 2.36. The van der Waals surface area contributed by atoms with Crippen molar-refractivity contribution in [3.63, 3.8) is 0 Å². The van der Waals surface area contributed by atoms with E-state index in [0.29, 0.717) is 5.92 Å². The van der Waals surface area contributed by atoms with Crippen molar-refractivity contribution in [2.75, 3.05) is 13.1 Å². The van der Waals surface area contributed by atoms with Gasteiger partial charge in [-0.1, -0.05) is 12.1 Å². The van der Waals surface area contributed by atoms with Crippen LogP contribution in [0, 0.1) is 5.92 Å². The van der Waals surface area contributed by atoms with Crippen LogP contribution in [0.15, 0.2) is 24.3 Å². The molecule has 2 N–H and O–H groups in total. The largest absolute Gasteiger partial charge is 0.434 e. The van der Waals surface area contributed by atoms with E-state index in [1.54, 1.807) is 12.1 Å². The minimum absolute atomic E-state index is 0.0166. The number of ether oxygens (including phenoxy) is 1. The molecule has 0 bridgehead atoms. The number of alkyl halides is 2. The highest BCUT2D eigenvalue weighted by atomic mass is 19.3. The molecule has 1 aromatic rings. The Labute approximate surface area is 116 Å². The first-order valence-corrected chi connectivity index (χ1v) is 6.63. The van der Waals surface area contributed by atoms with Crippen LogP contribution in [0.1, 0.15) is 23.7 Å². The van der Waals surface area contributed by atoms with Gasteiger partial charge >= 0.3 is 6.61 Å². The lowest BCUT2D eigenvalue weighted by Gasteiger charge is -2.20. The van der Waals surface area contributed by atoms with Gasteiger partial charge in [-0.05, 0) is 44.5 Å². The highest BCUT2D eigenvalue weighted by Gasteiger charge is 2.24. The summed E-state index contributed by atoms with van der Waals surface area (Å²) >= 11 is 0. The van der Waals surface area contributed by atoms with Crippen LogP contribution in [0.3, 0.4) is 0 Å². The molecule has 1 saturated heterocycles. The Morgan fingerprint density at radius 2 is 2.20 bits per heavy atom. The van der Waals surface area contributed by atoms with E-state index in [-0.39, 0.29) is 23.3 Å². The molecular weight excluding hydrogens is 266 g/mol. The molecule has 2 atom stereocenters. The number of carbonyl (C=O) groups excluding carboxylic acids is 1. The number of halogens is 2. The van der Waals surface area contributed by atoms with Crippen LogP contribution in [0.2, 0.25) is 0 Å². The predicted molar refractivity (Wildman–Crippen MR) is 71.0 cm³/mol. The third-order valence-corrected chi connectivity index (χ3v) is 3.51. The molecule has 1 fully saturated rings. The summed E-state index contributed by atoms with van der Waals surface area (Å²) in [4.78, 5) is 12.2. The SMILES string of the molecule is CC(NC(=O)c1ccccc1OC(F)F)C1CCNC1. The van der Waals surface area contributed by atoms with Crippen molar-refractivity contribution in [1.82, 2.24) is 10.6 Å². The zero-order valence-electron chi connectivity index (χ0n) is 11.2. The summed E-state index contributed by atoms with van der Waals surface area (Å²) in [7, 11) is 0. The molecular formula is C14H18F2N2O2. The summed E-state index contributed by atoms with van der Waals surface area (Å²) in [6.45, 7) is 0.777. The van der Waals surface area contributed by atoms with Gasteiger partial charge in [-0.3, -0.25) is 4.79 Å². The van der Waals surface area contributed by atoms with Crippen molar-refractivity contribution in [3.05, 3.63) is 29.8 Å². The van der Waals surface area contributed by atoms with Crippen molar-refractivity contribution >= 4 is 5.91 Å². The van der Waals surface area contributed by atoms with Gasteiger partial charge in [0, 0.05) is 6.04 Å². The Balaban J connectivity index is 2.04. The molecule has 0 radical (unpaired) electrons. The van der Waals surface area contributed by atoms with Gasteiger partial charge in [-0.25, -0.2) is 0 Å². The molecule has 20 heavy (non-hydrogen) atoms. The number of hydrogen-bond acceptors (Lipinski definition) is 3.